The van der Waals surface area contributed by atoms with Gasteiger partial charge in [0.1, 0.15) is 10.5 Å². The van der Waals surface area contributed by atoms with Gasteiger partial charge in [-0.25, -0.2) is 9.97 Å². The predicted octanol–water partition coefficient (Wildman–Crippen LogP) is 4.30. The summed E-state index contributed by atoms with van der Waals surface area (Å²) in [6.07, 6.45) is 0. The summed E-state index contributed by atoms with van der Waals surface area (Å²) >= 11 is 19.4. The van der Waals surface area contributed by atoms with Gasteiger partial charge in [0.05, 0.1) is 20.6 Å². The molecule has 3 aromatic rings. The molecule has 0 amide bonds. The van der Waals surface area contributed by atoms with Gasteiger partial charge in [-0.3, -0.25) is 0 Å². The molecule has 0 bridgehead atoms. The number of nitrogens with zero attached hydrogens (tertiary/aromatic N) is 3. The third kappa shape index (κ3) is 3.01. The first-order chi connectivity index (χ1) is 10.4. The van der Waals surface area contributed by atoms with Crippen molar-refractivity contribution in [1.29, 1.82) is 0 Å². The molecule has 9 heteroatoms. The van der Waals surface area contributed by atoms with Gasteiger partial charge >= 0.3 is 0 Å². The number of fused-ring (bicyclic) bond motifs is 1. The maximum atomic E-state index is 6.16. The molecule has 0 aliphatic rings. The number of aromatic nitrogens is 3. The van der Waals surface area contributed by atoms with E-state index in [9.17, 15) is 0 Å². The molecule has 5 nitrogen and oxygen atoms in total. The average Bonchev–Trinajstić information content (AvgIpc) is 2.45. The zero-order valence-electron chi connectivity index (χ0n) is 10.8. The molecule has 2 heterocycles. The first-order valence-corrected chi connectivity index (χ1v) is 7.91. The molecule has 0 saturated carbocycles. The van der Waals surface area contributed by atoms with Gasteiger partial charge in [0.15, 0.2) is 5.82 Å². The highest BCUT2D eigenvalue weighted by Crippen LogP contribution is 2.38. The van der Waals surface area contributed by atoms with Crippen LogP contribution in [0.4, 0.5) is 11.8 Å². The quantitative estimate of drug-likeness (QED) is 0.652. The molecular formula is C13H8Cl3N5S. The van der Waals surface area contributed by atoms with E-state index in [2.05, 4.69) is 15.0 Å². The van der Waals surface area contributed by atoms with Gasteiger partial charge in [0, 0.05) is 4.90 Å². The van der Waals surface area contributed by atoms with E-state index >= 15 is 0 Å². The van der Waals surface area contributed by atoms with Crippen molar-refractivity contribution < 1.29 is 0 Å². The molecule has 22 heavy (non-hydrogen) atoms. The molecule has 0 fully saturated rings. The Balaban J connectivity index is 2.03. The summed E-state index contributed by atoms with van der Waals surface area (Å²) in [6.45, 7) is 0. The van der Waals surface area contributed by atoms with Crippen LogP contribution < -0.4 is 11.5 Å². The molecule has 4 N–H and O–H groups in total. The number of rotatable bonds is 2. The van der Waals surface area contributed by atoms with Gasteiger partial charge in [-0.2, -0.15) is 4.98 Å². The van der Waals surface area contributed by atoms with Crippen molar-refractivity contribution in [3.63, 3.8) is 0 Å². The first-order valence-electron chi connectivity index (χ1n) is 5.96. The fourth-order valence-corrected chi connectivity index (χ4v) is 3.35. The van der Waals surface area contributed by atoms with Crippen LogP contribution in [-0.4, -0.2) is 15.0 Å². The standard InChI is InChI=1S/C13H8Cl3N5S/c14-5-3-7(16)9(4-6(5)15)22-10-2-1-8-11(20-10)12(17)21-13(18)19-8/h1-4H,(H4,17,18,19,21). The lowest BCUT2D eigenvalue weighted by atomic mass is 10.3. The lowest BCUT2D eigenvalue weighted by molar-refractivity contribution is 1.14. The van der Waals surface area contributed by atoms with Crippen molar-refractivity contribution in [3.05, 3.63) is 39.3 Å². The Bertz CT molecular complexity index is 887. The van der Waals surface area contributed by atoms with E-state index in [1.54, 1.807) is 24.3 Å². The largest absolute Gasteiger partial charge is 0.382 e. The second-order valence-electron chi connectivity index (χ2n) is 4.28. The molecule has 0 unspecified atom stereocenters. The normalized spacial score (nSPS) is 11.0. The molecule has 0 aliphatic heterocycles. The van der Waals surface area contributed by atoms with E-state index in [-0.39, 0.29) is 11.8 Å². The Morgan fingerprint density at radius 1 is 0.864 bits per heavy atom. The van der Waals surface area contributed by atoms with Crippen LogP contribution in [0.5, 0.6) is 0 Å². The van der Waals surface area contributed by atoms with Crippen LogP contribution in [0.25, 0.3) is 11.0 Å². The van der Waals surface area contributed by atoms with E-state index in [0.717, 1.165) is 4.90 Å². The van der Waals surface area contributed by atoms with Crippen molar-refractivity contribution >= 4 is 69.4 Å². The van der Waals surface area contributed by atoms with E-state index in [1.807, 2.05) is 0 Å². The minimum Gasteiger partial charge on any atom is -0.382 e. The Labute approximate surface area is 145 Å². The molecule has 3 rings (SSSR count). The summed E-state index contributed by atoms with van der Waals surface area (Å²) in [5.41, 5.74) is 12.4. The Kier molecular flexibility index (Phi) is 4.18. The number of nitrogen functional groups attached to an aromatic ring is 2. The molecule has 112 valence electrons. The molecule has 0 atom stereocenters. The Hall–Kier alpha value is -1.47. The van der Waals surface area contributed by atoms with Crippen molar-refractivity contribution in [1.82, 2.24) is 15.0 Å². The topological polar surface area (TPSA) is 90.7 Å². The van der Waals surface area contributed by atoms with Crippen LogP contribution in [0.2, 0.25) is 15.1 Å². The van der Waals surface area contributed by atoms with E-state index in [0.29, 0.717) is 31.1 Å². The molecule has 0 aliphatic carbocycles. The molecule has 0 radical (unpaired) electrons. The number of benzene rings is 1. The fraction of sp³-hybridized carbons (Fsp3) is 0. The highest BCUT2D eigenvalue weighted by atomic mass is 35.5. The number of nitrogens with two attached hydrogens (primary N) is 2. The highest BCUT2D eigenvalue weighted by Gasteiger charge is 2.11. The van der Waals surface area contributed by atoms with Crippen LogP contribution in [0.3, 0.4) is 0 Å². The third-order valence-electron chi connectivity index (χ3n) is 2.75. The Morgan fingerprint density at radius 2 is 1.59 bits per heavy atom. The molecule has 1 aromatic carbocycles. The van der Waals surface area contributed by atoms with Crippen LogP contribution in [0.15, 0.2) is 34.2 Å². The van der Waals surface area contributed by atoms with Gasteiger partial charge in [0.2, 0.25) is 5.95 Å². The maximum absolute atomic E-state index is 6.16. The number of hydrogen-bond donors (Lipinski definition) is 2. The fourth-order valence-electron chi connectivity index (χ4n) is 1.79. The van der Waals surface area contributed by atoms with Crippen LogP contribution >= 0.6 is 46.6 Å². The second-order valence-corrected chi connectivity index (χ2v) is 6.57. The second kappa shape index (κ2) is 5.96. The van der Waals surface area contributed by atoms with Gasteiger partial charge in [-0.05, 0) is 24.3 Å². The van der Waals surface area contributed by atoms with Crippen molar-refractivity contribution in [2.75, 3.05) is 11.5 Å². The predicted molar refractivity (Wildman–Crippen MR) is 91.8 cm³/mol. The molecule has 2 aromatic heterocycles. The van der Waals surface area contributed by atoms with Crippen LogP contribution in [0, 0.1) is 0 Å². The van der Waals surface area contributed by atoms with Crippen molar-refractivity contribution in [2.45, 2.75) is 9.92 Å². The number of pyridine rings is 1. The van der Waals surface area contributed by atoms with E-state index in [1.165, 1.54) is 11.8 Å². The van der Waals surface area contributed by atoms with Crippen molar-refractivity contribution in [3.8, 4) is 0 Å². The van der Waals surface area contributed by atoms with Crippen molar-refractivity contribution in [2.24, 2.45) is 0 Å². The summed E-state index contributed by atoms with van der Waals surface area (Å²) in [5, 5.41) is 1.98. The molecule has 0 saturated heterocycles. The summed E-state index contributed by atoms with van der Waals surface area (Å²) < 4.78 is 0. The summed E-state index contributed by atoms with van der Waals surface area (Å²) in [7, 11) is 0. The highest BCUT2D eigenvalue weighted by molar-refractivity contribution is 7.99. The minimum atomic E-state index is 0.111. The minimum absolute atomic E-state index is 0.111. The van der Waals surface area contributed by atoms with Gasteiger partial charge in [-0.1, -0.05) is 46.6 Å². The van der Waals surface area contributed by atoms with E-state index in [4.69, 9.17) is 46.3 Å². The zero-order valence-corrected chi connectivity index (χ0v) is 13.9. The number of anilines is 2. The Morgan fingerprint density at radius 3 is 2.36 bits per heavy atom. The lowest BCUT2D eigenvalue weighted by Gasteiger charge is -2.07. The average molecular weight is 373 g/mol. The lowest BCUT2D eigenvalue weighted by Crippen LogP contribution is -2.01. The SMILES string of the molecule is Nc1nc(N)c2nc(Sc3cc(Cl)c(Cl)cc3Cl)ccc2n1. The van der Waals surface area contributed by atoms with Gasteiger partial charge in [0.25, 0.3) is 0 Å². The summed E-state index contributed by atoms with van der Waals surface area (Å²) in [4.78, 5) is 13.1. The van der Waals surface area contributed by atoms with Gasteiger partial charge in [-0.15, -0.1) is 0 Å². The maximum Gasteiger partial charge on any atom is 0.222 e. The zero-order chi connectivity index (χ0) is 15.9. The van der Waals surface area contributed by atoms with Crippen LogP contribution in [0.1, 0.15) is 0 Å². The monoisotopic (exact) mass is 371 g/mol. The summed E-state index contributed by atoms with van der Waals surface area (Å²) in [6, 6.07) is 6.83. The summed E-state index contributed by atoms with van der Waals surface area (Å²) in [5.74, 6) is 0.338. The number of halogens is 3. The van der Waals surface area contributed by atoms with E-state index < -0.39 is 0 Å². The third-order valence-corrected chi connectivity index (χ3v) is 4.89. The van der Waals surface area contributed by atoms with Crippen LogP contribution in [-0.2, 0) is 0 Å². The molecular weight excluding hydrogens is 365 g/mol. The van der Waals surface area contributed by atoms with Gasteiger partial charge < -0.3 is 11.5 Å². The smallest absolute Gasteiger partial charge is 0.222 e. The first kappa shape index (κ1) is 15.4. The number of hydrogen-bond acceptors (Lipinski definition) is 6. The molecule has 0 spiro atoms.